The third-order valence-electron chi connectivity index (χ3n) is 1.04. The summed E-state index contributed by atoms with van der Waals surface area (Å²) in [5, 5.41) is 8.81. The first-order valence-corrected chi connectivity index (χ1v) is 5.70. The molecule has 0 bridgehead atoms. The quantitative estimate of drug-likeness (QED) is 0.580. The van der Waals surface area contributed by atoms with E-state index >= 15 is 0 Å². The molecular formula is C11H25N3O2. The highest BCUT2D eigenvalue weighted by Gasteiger charge is 1.81. The normalized spacial score (nSPS) is 7.12. The maximum absolute atomic E-state index is 8.81. The molecule has 0 aliphatic rings. The lowest BCUT2D eigenvalue weighted by atomic mass is 10.5. The highest BCUT2D eigenvalue weighted by Crippen LogP contribution is 1.87. The lowest BCUT2D eigenvalue weighted by Crippen LogP contribution is -1.90. The molecule has 5 heteroatoms. The summed E-state index contributed by atoms with van der Waals surface area (Å²) < 4.78 is 2.07. The fourth-order valence-corrected chi connectivity index (χ4v) is 0.677. The van der Waals surface area contributed by atoms with E-state index in [2.05, 4.69) is 16.5 Å². The third-order valence-corrected chi connectivity index (χ3v) is 1.04. The van der Waals surface area contributed by atoms with Crippen LogP contribution in [0.25, 0.3) is 0 Å². The zero-order chi connectivity index (χ0) is 13.4. The van der Waals surface area contributed by atoms with Crippen LogP contribution in [0.2, 0.25) is 0 Å². The molecule has 0 atom stereocenters. The minimum Gasteiger partial charge on any atom is -0.338 e. The summed E-state index contributed by atoms with van der Waals surface area (Å²) in [5.74, 6) is 0. The van der Waals surface area contributed by atoms with Gasteiger partial charge in [0, 0.05) is 23.9 Å². The van der Waals surface area contributed by atoms with E-state index in [-0.39, 0.29) is 0 Å². The first-order valence-electron chi connectivity index (χ1n) is 5.70. The molecule has 0 saturated heterocycles. The number of aromatic nitrogens is 2. The van der Waals surface area contributed by atoms with Gasteiger partial charge in [-0.05, 0) is 6.42 Å². The van der Waals surface area contributed by atoms with Gasteiger partial charge < -0.3 is 4.57 Å². The van der Waals surface area contributed by atoms with Gasteiger partial charge in [0.1, 0.15) is 0 Å². The third kappa shape index (κ3) is 22.9. The van der Waals surface area contributed by atoms with Crippen molar-refractivity contribution in [3.05, 3.63) is 28.8 Å². The molecule has 96 valence electrons. The van der Waals surface area contributed by atoms with Crippen LogP contribution in [0.3, 0.4) is 0 Å². The molecule has 0 saturated carbocycles. The molecule has 0 radical (unpaired) electrons. The second-order valence-corrected chi connectivity index (χ2v) is 2.24. The van der Waals surface area contributed by atoms with Crippen molar-refractivity contribution in [1.29, 1.82) is 0 Å². The van der Waals surface area contributed by atoms with E-state index in [4.69, 9.17) is 10.1 Å². The fraction of sp³-hybridized carbons (Fsp3) is 0.727. The molecule has 0 aliphatic carbocycles. The van der Waals surface area contributed by atoms with Crippen molar-refractivity contribution in [1.82, 2.24) is 9.55 Å². The fourth-order valence-electron chi connectivity index (χ4n) is 0.677. The molecule has 0 amide bonds. The number of nitro groups is 1. The van der Waals surface area contributed by atoms with Crippen molar-refractivity contribution in [2.45, 2.75) is 47.6 Å². The molecule has 0 aromatic carbocycles. The van der Waals surface area contributed by atoms with Gasteiger partial charge in [0.05, 0.1) is 6.33 Å². The predicted octanol–water partition coefficient (Wildman–Crippen LogP) is 3.24. The lowest BCUT2D eigenvalue weighted by molar-refractivity contribution is -0.445. The van der Waals surface area contributed by atoms with Crippen LogP contribution in [0.5, 0.6) is 0 Å². The van der Waals surface area contributed by atoms with Gasteiger partial charge in [0.15, 0.2) is 7.05 Å². The van der Waals surface area contributed by atoms with Crippen LogP contribution in [0.15, 0.2) is 18.7 Å². The number of aryl methyl sites for hydroxylation is 1. The van der Waals surface area contributed by atoms with Crippen LogP contribution < -0.4 is 0 Å². The molecule has 1 aromatic rings. The molecule has 1 heterocycles. The molecule has 0 aliphatic heterocycles. The van der Waals surface area contributed by atoms with Gasteiger partial charge in [-0.25, -0.2) is 4.98 Å². The second kappa shape index (κ2) is 19.2. The molecule has 0 spiro atoms. The number of nitrogens with zero attached hydrogens (tertiary/aromatic N) is 3. The Bertz CT molecular complexity index is 207. The monoisotopic (exact) mass is 231 g/mol. The molecule has 0 unspecified atom stereocenters. The summed E-state index contributed by atoms with van der Waals surface area (Å²) in [5.41, 5.74) is 0. The number of hydrogen-bond acceptors (Lipinski definition) is 3. The zero-order valence-corrected chi connectivity index (χ0v) is 11.3. The largest absolute Gasteiger partial charge is 0.338 e. The Morgan fingerprint density at radius 2 is 1.75 bits per heavy atom. The Hall–Kier alpha value is -1.39. The molecule has 1 aromatic heterocycles. The van der Waals surface area contributed by atoms with Crippen LogP contribution in [0.4, 0.5) is 0 Å². The maximum Gasteiger partial charge on any atom is 0.194 e. The number of rotatable bonds is 2. The summed E-state index contributed by atoms with van der Waals surface area (Å²) >= 11 is 0. The van der Waals surface area contributed by atoms with Crippen LogP contribution in [-0.4, -0.2) is 21.5 Å². The second-order valence-electron chi connectivity index (χ2n) is 2.24. The summed E-state index contributed by atoms with van der Waals surface area (Å²) in [6.45, 7) is 11.2. The van der Waals surface area contributed by atoms with Crippen molar-refractivity contribution in [2.24, 2.45) is 0 Å². The summed E-state index contributed by atoms with van der Waals surface area (Å²) in [4.78, 5) is 12.2. The summed E-state index contributed by atoms with van der Waals surface area (Å²) in [7, 11) is 0.889. The average Bonchev–Trinajstić information content (AvgIpc) is 2.76. The summed E-state index contributed by atoms with van der Waals surface area (Å²) in [6, 6.07) is 0. The highest BCUT2D eigenvalue weighted by molar-refractivity contribution is 4.73. The van der Waals surface area contributed by atoms with Gasteiger partial charge in [0.2, 0.25) is 0 Å². The van der Waals surface area contributed by atoms with Gasteiger partial charge in [-0.1, -0.05) is 34.6 Å². The van der Waals surface area contributed by atoms with E-state index in [0.717, 1.165) is 13.6 Å². The maximum atomic E-state index is 8.81. The van der Waals surface area contributed by atoms with E-state index in [1.807, 2.05) is 40.2 Å². The standard InChI is InChI=1S/C6H10N2.2C2H6.CH3NO2/c1-2-4-8-5-3-7-6-8;2*1-2;1-2(3)4/h3,5-6H,2,4H2,1H3;2*1-2H3;1H3. The molecule has 16 heavy (non-hydrogen) atoms. The topological polar surface area (TPSA) is 61.0 Å². The Kier molecular flexibility index (Phi) is 24.1. The number of imidazole rings is 1. The highest BCUT2D eigenvalue weighted by atomic mass is 16.6. The van der Waals surface area contributed by atoms with Gasteiger partial charge >= 0.3 is 0 Å². The van der Waals surface area contributed by atoms with E-state index in [1.165, 1.54) is 6.42 Å². The van der Waals surface area contributed by atoms with E-state index in [1.54, 1.807) is 6.20 Å². The van der Waals surface area contributed by atoms with E-state index < -0.39 is 4.92 Å². The smallest absolute Gasteiger partial charge is 0.194 e. The molecular weight excluding hydrogens is 206 g/mol. The van der Waals surface area contributed by atoms with Crippen molar-refractivity contribution in [3.8, 4) is 0 Å². The van der Waals surface area contributed by atoms with Gasteiger partial charge in [-0.2, -0.15) is 0 Å². The molecule has 5 nitrogen and oxygen atoms in total. The predicted molar refractivity (Wildman–Crippen MR) is 68.1 cm³/mol. The number of hydrogen-bond donors (Lipinski definition) is 0. The van der Waals surface area contributed by atoms with Crippen LogP contribution in [0, 0.1) is 10.1 Å². The van der Waals surface area contributed by atoms with Crippen molar-refractivity contribution in [2.75, 3.05) is 7.05 Å². The van der Waals surface area contributed by atoms with Gasteiger partial charge in [0.25, 0.3) is 0 Å². The van der Waals surface area contributed by atoms with Crippen molar-refractivity contribution in [3.63, 3.8) is 0 Å². The Morgan fingerprint density at radius 1 is 1.31 bits per heavy atom. The molecule has 1 rings (SSSR count). The van der Waals surface area contributed by atoms with E-state index in [9.17, 15) is 0 Å². The van der Waals surface area contributed by atoms with E-state index in [0.29, 0.717) is 0 Å². The van der Waals surface area contributed by atoms with Crippen molar-refractivity contribution < 1.29 is 4.92 Å². The van der Waals surface area contributed by atoms with Crippen molar-refractivity contribution >= 4 is 0 Å². The van der Waals surface area contributed by atoms with Gasteiger partial charge in [-0.15, -0.1) is 0 Å². The Balaban J connectivity index is -0.000000181. The molecule has 0 fully saturated rings. The SMILES string of the molecule is CC.CC.CCCn1ccnc1.C[N+](=O)[O-]. The first-order chi connectivity index (χ1) is 7.66. The summed E-state index contributed by atoms with van der Waals surface area (Å²) in [6.07, 6.45) is 6.79. The zero-order valence-electron chi connectivity index (χ0n) is 11.3. The van der Waals surface area contributed by atoms with Gasteiger partial charge in [-0.3, -0.25) is 10.1 Å². The minimum atomic E-state index is -0.500. The van der Waals surface area contributed by atoms with Crippen LogP contribution >= 0.6 is 0 Å². The Morgan fingerprint density at radius 3 is 2.00 bits per heavy atom. The average molecular weight is 231 g/mol. The molecule has 0 N–H and O–H groups in total. The lowest BCUT2D eigenvalue weighted by Gasteiger charge is -1.93. The van der Waals surface area contributed by atoms with Crippen LogP contribution in [-0.2, 0) is 6.54 Å². The van der Waals surface area contributed by atoms with Crippen LogP contribution in [0.1, 0.15) is 41.0 Å². The Labute approximate surface area is 98.7 Å². The minimum absolute atomic E-state index is 0.500. The first kappa shape index (κ1) is 20.1.